The molecule has 1 aromatic heterocycles. The van der Waals surface area contributed by atoms with Gasteiger partial charge in [0.1, 0.15) is 0 Å². The van der Waals surface area contributed by atoms with E-state index < -0.39 is 9.84 Å². The van der Waals surface area contributed by atoms with E-state index >= 15 is 0 Å². The summed E-state index contributed by atoms with van der Waals surface area (Å²) >= 11 is 0. The zero-order valence-corrected chi connectivity index (χ0v) is 13.4. The summed E-state index contributed by atoms with van der Waals surface area (Å²) in [6, 6.07) is 2.03. The minimum atomic E-state index is -2.96. The van der Waals surface area contributed by atoms with Crippen LogP contribution in [0.4, 0.5) is 0 Å². The molecular weight excluding hydrogens is 274 g/mol. The molecule has 2 atom stereocenters. The lowest BCUT2D eigenvalue weighted by atomic mass is 10.0. The Morgan fingerprint density at radius 3 is 2.80 bits per heavy atom. The number of rotatable bonds is 5. The fraction of sp³-hybridized carbons (Fsp3) is 0.786. The highest BCUT2D eigenvalue weighted by Crippen LogP contribution is 2.24. The normalized spacial score (nSPS) is 23.6. The fourth-order valence-electron chi connectivity index (χ4n) is 3.11. The van der Waals surface area contributed by atoms with Gasteiger partial charge in [-0.3, -0.25) is 4.68 Å². The first-order valence-corrected chi connectivity index (χ1v) is 9.10. The number of sulfone groups is 1. The van der Waals surface area contributed by atoms with E-state index in [9.17, 15) is 8.42 Å². The minimum Gasteiger partial charge on any atom is -0.313 e. The van der Waals surface area contributed by atoms with E-state index in [1.807, 2.05) is 31.6 Å². The number of hydrogen-bond acceptors (Lipinski definition) is 4. The second-order valence-corrected chi connectivity index (χ2v) is 8.01. The van der Waals surface area contributed by atoms with Crippen LogP contribution in [0.25, 0.3) is 0 Å². The average Bonchev–Trinajstić information content (AvgIpc) is 2.67. The van der Waals surface area contributed by atoms with Crippen molar-refractivity contribution in [2.75, 3.05) is 12.3 Å². The molecule has 114 valence electrons. The summed E-state index contributed by atoms with van der Waals surface area (Å²) < 4.78 is 26.5. The number of nitrogens with one attached hydrogen (secondary N) is 1. The van der Waals surface area contributed by atoms with E-state index in [1.165, 1.54) is 0 Å². The van der Waals surface area contributed by atoms with Gasteiger partial charge in [0, 0.05) is 25.2 Å². The Bertz CT molecular complexity index is 551. The van der Waals surface area contributed by atoms with Crippen LogP contribution in [0.2, 0.25) is 0 Å². The van der Waals surface area contributed by atoms with Crippen LogP contribution in [-0.4, -0.2) is 41.8 Å². The molecule has 1 saturated heterocycles. The van der Waals surface area contributed by atoms with E-state index in [0.717, 1.165) is 43.6 Å². The quantitative estimate of drug-likeness (QED) is 0.888. The van der Waals surface area contributed by atoms with Gasteiger partial charge in [-0.05, 0) is 32.4 Å². The molecule has 1 fully saturated rings. The molecule has 2 rings (SSSR count). The molecule has 0 aromatic carbocycles. The predicted octanol–water partition coefficient (Wildman–Crippen LogP) is 1.22. The molecule has 20 heavy (non-hydrogen) atoms. The molecule has 0 radical (unpaired) electrons. The summed E-state index contributed by atoms with van der Waals surface area (Å²) in [4.78, 5) is 0. The van der Waals surface area contributed by atoms with Crippen LogP contribution in [0, 0.1) is 6.92 Å². The highest BCUT2D eigenvalue weighted by molar-refractivity contribution is 7.92. The van der Waals surface area contributed by atoms with E-state index in [4.69, 9.17) is 0 Å². The van der Waals surface area contributed by atoms with Gasteiger partial charge in [-0.1, -0.05) is 13.3 Å². The molecule has 0 spiro atoms. The van der Waals surface area contributed by atoms with Gasteiger partial charge in [0.25, 0.3) is 0 Å². The highest BCUT2D eigenvalue weighted by atomic mass is 32.2. The molecule has 1 N–H and O–H groups in total. The Labute approximate surface area is 121 Å². The first-order chi connectivity index (χ1) is 9.44. The Hall–Kier alpha value is -0.880. The number of hydrogen-bond donors (Lipinski definition) is 1. The summed E-state index contributed by atoms with van der Waals surface area (Å²) in [5, 5.41) is 7.46. The Morgan fingerprint density at radius 2 is 2.25 bits per heavy atom. The SMILES string of the molecule is CCNC(Cc1cc(C)nn1C)C1CCCCS1(=O)=O. The molecule has 5 nitrogen and oxygen atoms in total. The maximum absolute atomic E-state index is 12.3. The van der Waals surface area contributed by atoms with Crippen molar-refractivity contribution in [2.45, 2.75) is 50.8 Å². The van der Waals surface area contributed by atoms with Crippen molar-refractivity contribution >= 4 is 9.84 Å². The number of aryl methyl sites for hydroxylation is 2. The summed E-state index contributed by atoms with van der Waals surface area (Å²) in [6.07, 6.45) is 3.31. The largest absolute Gasteiger partial charge is 0.313 e. The van der Waals surface area contributed by atoms with Crippen molar-refractivity contribution in [1.82, 2.24) is 15.1 Å². The zero-order valence-electron chi connectivity index (χ0n) is 12.6. The molecular formula is C14H25N3O2S. The molecule has 2 heterocycles. The monoisotopic (exact) mass is 299 g/mol. The second kappa shape index (κ2) is 6.26. The molecule has 1 aromatic rings. The van der Waals surface area contributed by atoms with Gasteiger partial charge in [-0.25, -0.2) is 8.42 Å². The maximum Gasteiger partial charge on any atom is 0.154 e. The van der Waals surface area contributed by atoms with Crippen LogP contribution in [0.15, 0.2) is 6.07 Å². The van der Waals surface area contributed by atoms with E-state index in [0.29, 0.717) is 5.75 Å². The molecule has 1 aliphatic rings. The molecule has 1 aliphatic heterocycles. The summed E-state index contributed by atoms with van der Waals surface area (Å²) in [6.45, 7) is 4.77. The van der Waals surface area contributed by atoms with Crippen LogP contribution in [0.5, 0.6) is 0 Å². The lowest BCUT2D eigenvalue weighted by molar-refractivity contribution is 0.433. The van der Waals surface area contributed by atoms with Crippen LogP contribution in [0.1, 0.15) is 37.6 Å². The van der Waals surface area contributed by atoms with Gasteiger partial charge in [0.2, 0.25) is 0 Å². The standard InChI is InChI=1S/C14H25N3O2S/c1-4-15-13(10-12-9-11(2)16-17(12)3)14-7-5-6-8-20(14,18)19/h9,13-15H,4-8,10H2,1-3H3. The third-order valence-corrected chi connectivity index (χ3v) is 6.42. The maximum atomic E-state index is 12.3. The van der Waals surface area contributed by atoms with Crippen molar-refractivity contribution in [2.24, 2.45) is 7.05 Å². The second-order valence-electron chi connectivity index (χ2n) is 5.67. The smallest absolute Gasteiger partial charge is 0.154 e. The summed E-state index contributed by atoms with van der Waals surface area (Å²) in [7, 11) is -1.05. The van der Waals surface area contributed by atoms with E-state index in [2.05, 4.69) is 10.4 Å². The van der Waals surface area contributed by atoms with Crippen molar-refractivity contribution in [3.05, 3.63) is 17.5 Å². The lowest BCUT2D eigenvalue weighted by Gasteiger charge is -2.30. The molecule has 0 amide bonds. The number of aromatic nitrogens is 2. The number of nitrogens with zero attached hydrogens (tertiary/aromatic N) is 2. The Morgan fingerprint density at radius 1 is 1.50 bits per heavy atom. The summed E-state index contributed by atoms with van der Waals surface area (Å²) in [5.41, 5.74) is 2.07. The predicted molar refractivity (Wildman–Crippen MR) is 80.5 cm³/mol. The van der Waals surface area contributed by atoms with Crippen molar-refractivity contribution in [3.8, 4) is 0 Å². The number of likely N-dealkylation sites (N-methyl/N-ethyl adjacent to an activating group) is 1. The van der Waals surface area contributed by atoms with Gasteiger partial charge in [0.05, 0.1) is 16.7 Å². The van der Waals surface area contributed by atoms with E-state index in [-0.39, 0.29) is 11.3 Å². The van der Waals surface area contributed by atoms with Crippen molar-refractivity contribution in [3.63, 3.8) is 0 Å². The topological polar surface area (TPSA) is 64.0 Å². The van der Waals surface area contributed by atoms with Gasteiger partial charge in [-0.2, -0.15) is 5.10 Å². The average molecular weight is 299 g/mol. The van der Waals surface area contributed by atoms with Crippen LogP contribution in [0.3, 0.4) is 0 Å². The molecule has 6 heteroatoms. The van der Waals surface area contributed by atoms with Gasteiger partial charge in [-0.15, -0.1) is 0 Å². The fourth-order valence-corrected chi connectivity index (χ4v) is 5.24. The zero-order chi connectivity index (χ0) is 14.8. The van der Waals surface area contributed by atoms with Crippen LogP contribution < -0.4 is 5.32 Å². The molecule has 0 bridgehead atoms. The van der Waals surface area contributed by atoms with Crippen molar-refractivity contribution in [1.29, 1.82) is 0 Å². The van der Waals surface area contributed by atoms with Gasteiger partial charge >= 0.3 is 0 Å². The van der Waals surface area contributed by atoms with Gasteiger partial charge in [0.15, 0.2) is 9.84 Å². The van der Waals surface area contributed by atoms with Crippen LogP contribution in [-0.2, 0) is 23.3 Å². The Kier molecular flexibility index (Phi) is 4.86. The molecule has 0 aliphatic carbocycles. The third-order valence-electron chi connectivity index (χ3n) is 4.07. The lowest BCUT2D eigenvalue weighted by Crippen LogP contribution is -2.48. The summed E-state index contributed by atoms with van der Waals surface area (Å²) in [5.74, 6) is 0.337. The highest BCUT2D eigenvalue weighted by Gasteiger charge is 2.35. The van der Waals surface area contributed by atoms with E-state index in [1.54, 1.807) is 0 Å². The van der Waals surface area contributed by atoms with Crippen molar-refractivity contribution < 1.29 is 8.42 Å². The first-order valence-electron chi connectivity index (χ1n) is 7.38. The minimum absolute atomic E-state index is 0.0138. The Balaban J connectivity index is 2.20. The molecule has 0 saturated carbocycles. The first kappa shape index (κ1) is 15.5. The third kappa shape index (κ3) is 3.41. The van der Waals surface area contributed by atoms with Crippen LogP contribution >= 0.6 is 0 Å². The van der Waals surface area contributed by atoms with Gasteiger partial charge < -0.3 is 5.32 Å². The molecule has 2 unspecified atom stereocenters.